The van der Waals surface area contributed by atoms with Gasteiger partial charge < -0.3 is 4.90 Å². The summed E-state index contributed by atoms with van der Waals surface area (Å²) >= 11 is 1.57. The second-order valence-corrected chi connectivity index (χ2v) is 6.97. The molecular formula is C16H25FN4OS. The second kappa shape index (κ2) is 8.59. The van der Waals surface area contributed by atoms with E-state index in [4.69, 9.17) is 0 Å². The van der Waals surface area contributed by atoms with Crippen LogP contribution in [0, 0.1) is 0 Å². The van der Waals surface area contributed by atoms with Gasteiger partial charge in [-0.25, -0.2) is 14.4 Å². The average molecular weight is 340 g/mol. The number of carbonyl (C=O) groups is 1. The number of rotatable bonds is 7. The van der Waals surface area contributed by atoms with Crippen molar-refractivity contribution in [2.45, 2.75) is 43.8 Å². The van der Waals surface area contributed by atoms with E-state index in [0.29, 0.717) is 31.9 Å². The summed E-state index contributed by atoms with van der Waals surface area (Å²) in [6.07, 6.45) is 5.75. The van der Waals surface area contributed by atoms with E-state index in [1.54, 1.807) is 35.1 Å². The zero-order valence-corrected chi connectivity index (χ0v) is 14.8. The quantitative estimate of drug-likeness (QED) is 0.760. The molecule has 1 fully saturated rings. The van der Waals surface area contributed by atoms with E-state index in [2.05, 4.69) is 9.97 Å². The molecule has 3 atom stereocenters. The number of likely N-dealkylation sites (tertiary alicyclic amines) is 1. The zero-order chi connectivity index (χ0) is 16.8. The first-order chi connectivity index (χ1) is 11.0. The fraction of sp³-hybridized carbons (Fsp3) is 0.688. The summed E-state index contributed by atoms with van der Waals surface area (Å²) in [5.41, 5.74) is 0. The number of halogens is 1. The van der Waals surface area contributed by atoms with Crippen LogP contribution in [0.1, 0.15) is 25.6 Å². The highest BCUT2D eigenvalue weighted by Crippen LogP contribution is 2.23. The van der Waals surface area contributed by atoms with E-state index in [-0.39, 0.29) is 17.2 Å². The number of amides is 1. The molecule has 1 aliphatic heterocycles. The first kappa shape index (κ1) is 18.1. The molecule has 1 aromatic heterocycles. The Morgan fingerprint density at radius 3 is 2.83 bits per heavy atom. The number of likely N-dealkylation sites (N-methyl/N-ethyl adjacent to an activating group) is 1. The number of hydrogen-bond acceptors (Lipinski definition) is 5. The largest absolute Gasteiger partial charge is 0.343 e. The molecular weight excluding hydrogens is 315 g/mol. The van der Waals surface area contributed by atoms with Crippen LogP contribution < -0.4 is 0 Å². The van der Waals surface area contributed by atoms with Crippen LogP contribution in [-0.2, 0) is 11.3 Å². The topological polar surface area (TPSA) is 49.3 Å². The highest BCUT2D eigenvalue weighted by molar-refractivity contribution is 7.99. The van der Waals surface area contributed by atoms with Crippen molar-refractivity contribution in [3.05, 3.63) is 24.3 Å². The van der Waals surface area contributed by atoms with Gasteiger partial charge in [0.1, 0.15) is 12.0 Å². The lowest BCUT2D eigenvalue weighted by Gasteiger charge is -2.29. The van der Waals surface area contributed by atoms with E-state index >= 15 is 0 Å². The number of hydrogen-bond donors (Lipinski definition) is 0. The Balaban J connectivity index is 1.97. The molecule has 7 heteroatoms. The third-order valence-electron chi connectivity index (χ3n) is 4.23. The fourth-order valence-corrected chi connectivity index (χ4v) is 3.71. The standard InChI is InChI=1S/C16H25FN4OS/c1-4-14(23-3)16(22)20(2)10-13-8-12(17)9-21(13)11-15-18-6-5-7-19-15/h5-7,12-14H,4,8-11H2,1-3H3/t12-,13-,14?/m0/s1. The Bertz CT molecular complexity index is 500. The lowest BCUT2D eigenvalue weighted by molar-refractivity contribution is -0.130. The van der Waals surface area contributed by atoms with E-state index in [1.807, 2.05) is 25.1 Å². The molecule has 0 aliphatic carbocycles. The Labute approximate surface area is 141 Å². The van der Waals surface area contributed by atoms with Crippen LogP contribution in [-0.4, -0.2) is 69.5 Å². The normalized spacial score (nSPS) is 23.0. The van der Waals surface area contributed by atoms with Crippen LogP contribution in [0.15, 0.2) is 18.5 Å². The minimum atomic E-state index is -0.852. The molecule has 23 heavy (non-hydrogen) atoms. The van der Waals surface area contributed by atoms with Gasteiger partial charge in [-0.05, 0) is 25.2 Å². The molecule has 0 saturated carbocycles. The van der Waals surface area contributed by atoms with Gasteiger partial charge in [0, 0.05) is 38.6 Å². The first-order valence-electron chi connectivity index (χ1n) is 7.96. The zero-order valence-electron chi connectivity index (χ0n) is 14.0. The van der Waals surface area contributed by atoms with Crippen molar-refractivity contribution < 1.29 is 9.18 Å². The summed E-state index contributed by atoms with van der Waals surface area (Å²) in [5.74, 6) is 0.814. The summed E-state index contributed by atoms with van der Waals surface area (Å²) in [4.78, 5) is 24.6. The van der Waals surface area contributed by atoms with Gasteiger partial charge in [-0.15, -0.1) is 0 Å². The van der Waals surface area contributed by atoms with Gasteiger partial charge in [-0.1, -0.05) is 6.92 Å². The summed E-state index contributed by atoms with van der Waals surface area (Å²) in [7, 11) is 1.81. The lowest BCUT2D eigenvalue weighted by atomic mass is 10.2. The predicted octanol–water partition coefficient (Wildman–Crippen LogP) is 1.99. The summed E-state index contributed by atoms with van der Waals surface area (Å²) in [6, 6.07) is 1.78. The smallest absolute Gasteiger partial charge is 0.235 e. The highest BCUT2D eigenvalue weighted by atomic mass is 32.2. The molecule has 1 saturated heterocycles. The Kier molecular flexibility index (Phi) is 6.77. The minimum absolute atomic E-state index is 0.0159. The Hall–Kier alpha value is -1.21. The molecule has 2 rings (SSSR count). The molecule has 0 N–H and O–H groups in total. The van der Waals surface area contributed by atoms with Crippen molar-refractivity contribution in [3.63, 3.8) is 0 Å². The van der Waals surface area contributed by atoms with E-state index in [9.17, 15) is 9.18 Å². The molecule has 1 amide bonds. The van der Waals surface area contributed by atoms with Crippen LogP contribution in [0.3, 0.4) is 0 Å². The summed E-state index contributed by atoms with van der Waals surface area (Å²) < 4.78 is 13.9. The van der Waals surface area contributed by atoms with E-state index < -0.39 is 6.17 Å². The Morgan fingerprint density at radius 2 is 2.22 bits per heavy atom. The van der Waals surface area contributed by atoms with E-state index in [1.165, 1.54) is 0 Å². The van der Waals surface area contributed by atoms with Crippen LogP contribution in [0.4, 0.5) is 4.39 Å². The van der Waals surface area contributed by atoms with Gasteiger partial charge >= 0.3 is 0 Å². The van der Waals surface area contributed by atoms with Crippen LogP contribution >= 0.6 is 11.8 Å². The maximum absolute atomic E-state index is 13.9. The van der Waals surface area contributed by atoms with Gasteiger partial charge in [0.15, 0.2) is 0 Å². The average Bonchev–Trinajstić information content (AvgIpc) is 2.88. The van der Waals surface area contributed by atoms with Crippen molar-refractivity contribution >= 4 is 17.7 Å². The maximum Gasteiger partial charge on any atom is 0.235 e. The number of carbonyl (C=O) groups excluding carboxylic acids is 1. The molecule has 0 spiro atoms. The van der Waals surface area contributed by atoms with Gasteiger partial charge in [-0.2, -0.15) is 11.8 Å². The van der Waals surface area contributed by atoms with Crippen molar-refractivity contribution in [2.24, 2.45) is 0 Å². The Morgan fingerprint density at radius 1 is 1.52 bits per heavy atom. The SMILES string of the molecule is CCC(SC)C(=O)N(C)C[C@@H]1C[C@H](F)CN1Cc1ncccn1. The second-order valence-electron chi connectivity index (χ2n) is 5.93. The third kappa shape index (κ3) is 4.88. The maximum atomic E-state index is 13.9. The molecule has 0 bridgehead atoms. The predicted molar refractivity (Wildman–Crippen MR) is 91.0 cm³/mol. The number of nitrogens with zero attached hydrogens (tertiary/aromatic N) is 4. The minimum Gasteiger partial charge on any atom is -0.343 e. The van der Waals surface area contributed by atoms with Crippen molar-refractivity contribution in [1.29, 1.82) is 0 Å². The molecule has 2 heterocycles. The van der Waals surface area contributed by atoms with Crippen molar-refractivity contribution in [2.75, 3.05) is 26.4 Å². The molecule has 1 unspecified atom stereocenters. The van der Waals surface area contributed by atoms with Crippen LogP contribution in [0.2, 0.25) is 0 Å². The molecule has 1 aliphatic rings. The number of thioether (sulfide) groups is 1. The summed E-state index contributed by atoms with van der Waals surface area (Å²) in [5, 5.41) is -0.0199. The monoisotopic (exact) mass is 340 g/mol. The van der Waals surface area contributed by atoms with Gasteiger partial charge in [0.25, 0.3) is 0 Å². The number of alkyl halides is 1. The molecule has 1 aromatic rings. The first-order valence-corrected chi connectivity index (χ1v) is 9.25. The van der Waals surface area contributed by atoms with Gasteiger partial charge in [0.05, 0.1) is 11.8 Å². The molecule has 128 valence electrons. The van der Waals surface area contributed by atoms with Crippen molar-refractivity contribution in [3.8, 4) is 0 Å². The molecule has 0 radical (unpaired) electrons. The van der Waals surface area contributed by atoms with Crippen LogP contribution in [0.25, 0.3) is 0 Å². The molecule has 0 aromatic carbocycles. The van der Waals surface area contributed by atoms with Crippen molar-refractivity contribution in [1.82, 2.24) is 19.8 Å². The van der Waals surface area contributed by atoms with Gasteiger partial charge in [0.2, 0.25) is 5.91 Å². The number of aromatic nitrogens is 2. The van der Waals surface area contributed by atoms with Crippen LogP contribution in [0.5, 0.6) is 0 Å². The fourth-order valence-electron chi connectivity index (χ4n) is 2.99. The molecule has 5 nitrogen and oxygen atoms in total. The van der Waals surface area contributed by atoms with E-state index in [0.717, 1.165) is 6.42 Å². The lowest BCUT2D eigenvalue weighted by Crippen LogP contribution is -2.43. The third-order valence-corrected chi connectivity index (χ3v) is 5.34. The summed E-state index contributed by atoms with van der Waals surface area (Å²) in [6.45, 7) is 3.46. The van der Waals surface area contributed by atoms with Gasteiger partial charge in [-0.3, -0.25) is 9.69 Å². The highest BCUT2D eigenvalue weighted by Gasteiger charge is 2.34.